The predicted octanol–water partition coefficient (Wildman–Crippen LogP) is 3.58. The van der Waals surface area contributed by atoms with E-state index in [0.717, 1.165) is 19.4 Å². The highest BCUT2D eigenvalue weighted by Crippen LogP contribution is 2.06. The third-order valence-corrected chi connectivity index (χ3v) is 2.28. The maximum atomic E-state index is 4.16. The molecule has 0 N–H and O–H groups in total. The third-order valence-electron chi connectivity index (χ3n) is 2.28. The van der Waals surface area contributed by atoms with Crippen molar-refractivity contribution in [1.82, 2.24) is 9.78 Å². The molecule has 0 saturated carbocycles. The van der Waals surface area contributed by atoms with Crippen LogP contribution in [-0.4, -0.2) is 9.78 Å². The molecule has 1 aromatic rings. The Morgan fingerprint density at radius 1 is 1.27 bits per heavy atom. The van der Waals surface area contributed by atoms with Crippen LogP contribution >= 0.6 is 0 Å². The summed E-state index contributed by atoms with van der Waals surface area (Å²) in [5, 5.41) is 4.16. The van der Waals surface area contributed by atoms with Crippen LogP contribution in [0, 0.1) is 0 Å². The molecule has 0 bridgehead atoms. The van der Waals surface area contributed by atoms with E-state index in [1.165, 1.54) is 11.1 Å². The van der Waals surface area contributed by atoms with Gasteiger partial charge in [-0.15, -0.1) is 0 Å². The molecule has 0 saturated heterocycles. The first-order chi connectivity index (χ1) is 7.18. The van der Waals surface area contributed by atoms with Gasteiger partial charge in [-0.25, -0.2) is 0 Å². The summed E-state index contributed by atoms with van der Waals surface area (Å²) in [6.45, 7) is 7.35. The van der Waals surface area contributed by atoms with Crippen molar-refractivity contribution >= 4 is 0 Å². The molecule has 0 unspecified atom stereocenters. The van der Waals surface area contributed by atoms with Gasteiger partial charge in [0.2, 0.25) is 0 Å². The molecule has 0 aliphatic heterocycles. The molecule has 1 aromatic heterocycles. The van der Waals surface area contributed by atoms with Gasteiger partial charge in [-0.1, -0.05) is 23.3 Å². The molecule has 0 fully saturated rings. The number of nitrogens with zero attached hydrogens (tertiary/aromatic N) is 2. The number of hydrogen-bond acceptors (Lipinski definition) is 1. The Labute approximate surface area is 92.3 Å². The van der Waals surface area contributed by atoms with Crippen LogP contribution in [0.3, 0.4) is 0 Å². The van der Waals surface area contributed by atoms with E-state index in [1.54, 1.807) is 0 Å². The van der Waals surface area contributed by atoms with Gasteiger partial charge < -0.3 is 0 Å². The zero-order valence-electron chi connectivity index (χ0n) is 9.90. The lowest BCUT2D eigenvalue weighted by atomic mass is 10.1. The zero-order chi connectivity index (χ0) is 11.1. The van der Waals surface area contributed by atoms with Gasteiger partial charge in [0.1, 0.15) is 0 Å². The van der Waals surface area contributed by atoms with E-state index in [9.17, 15) is 0 Å². The molecule has 0 aliphatic carbocycles. The molecule has 0 amide bonds. The van der Waals surface area contributed by atoms with Crippen molar-refractivity contribution < 1.29 is 0 Å². The average molecular weight is 204 g/mol. The second-order valence-electron chi connectivity index (χ2n) is 4.10. The van der Waals surface area contributed by atoms with Gasteiger partial charge in [-0.05, 0) is 39.7 Å². The van der Waals surface area contributed by atoms with Gasteiger partial charge in [0.25, 0.3) is 0 Å². The van der Waals surface area contributed by atoms with E-state index >= 15 is 0 Å². The van der Waals surface area contributed by atoms with Crippen molar-refractivity contribution in [3.8, 4) is 0 Å². The van der Waals surface area contributed by atoms with Gasteiger partial charge in [0, 0.05) is 12.4 Å². The SMILES string of the molecule is CC(C)=CCC/C(C)=C/Cn1cccn1. The topological polar surface area (TPSA) is 17.8 Å². The Balaban J connectivity index is 2.30. The summed E-state index contributed by atoms with van der Waals surface area (Å²) in [4.78, 5) is 0. The van der Waals surface area contributed by atoms with E-state index in [4.69, 9.17) is 0 Å². The number of rotatable bonds is 5. The van der Waals surface area contributed by atoms with Crippen molar-refractivity contribution in [3.05, 3.63) is 41.8 Å². The minimum absolute atomic E-state index is 0.883. The van der Waals surface area contributed by atoms with Crippen LogP contribution in [0.15, 0.2) is 41.8 Å². The summed E-state index contributed by atoms with van der Waals surface area (Å²) in [6, 6.07) is 1.95. The van der Waals surface area contributed by atoms with Crippen LogP contribution in [0.25, 0.3) is 0 Å². The van der Waals surface area contributed by atoms with Crippen LogP contribution in [0.5, 0.6) is 0 Å². The highest BCUT2D eigenvalue weighted by molar-refractivity contribution is 5.02. The highest BCUT2D eigenvalue weighted by atomic mass is 15.3. The molecule has 2 heteroatoms. The van der Waals surface area contributed by atoms with Gasteiger partial charge in [-0.2, -0.15) is 5.10 Å². The minimum Gasteiger partial charge on any atom is -0.269 e. The minimum atomic E-state index is 0.883. The summed E-state index contributed by atoms with van der Waals surface area (Å²) in [5.41, 5.74) is 2.83. The van der Waals surface area contributed by atoms with Crippen molar-refractivity contribution in [2.24, 2.45) is 0 Å². The van der Waals surface area contributed by atoms with Crippen LogP contribution in [-0.2, 0) is 6.54 Å². The van der Waals surface area contributed by atoms with Crippen LogP contribution < -0.4 is 0 Å². The van der Waals surface area contributed by atoms with E-state index in [2.05, 4.69) is 38.0 Å². The zero-order valence-corrected chi connectivity index (χ0v) is 9.90. The molecular weight excluding hydrogens is 184 g/mol. The summed E-state index contributed by atoms with van der Waals surface area (Å²) >= 11 is 0. The molecule has 82 valence electrons. The molecule has 1 rings (SSSR count). The average Bonchev–Trinajstić information content (AvgIpc) is 2.66. The molecule has 0 radical (unpaired) electrons. The van der Waals surface area contributed by atoms with E-state index in [0.29, 0.717) is 0 Å². The summed E-state index contributed by atoms with van der Waals surface area (Å²) in [7, 11) is 0. The fourth-order valence-corrected chi connectivity index (χ4v) is 1.35. The number of aromatic nitrogens is 2. The first-order valence-electron chi connectivity index (χ1n) is 5.45. The Morgan fingerprint density at radius 3 is 2.67 bits per heavy atom. The van der Waals surface area contributed by atoms with Crippen LogP contribution in [0.1, 0.15) is 33.6 Å². The fourth-order valence-electron chi connectivity index (χ4n) is 1.35. The molecule has 0 aliphatic rings. The second-order valence-corrected chi connectivity index (χ2v) is 4.10. The number of allylic oxidation sites excluding steroid dienone is 4. The van der Waals surface area contributed by atoms with Crippen LogP contribution in [0.4, 0.5) is 0 Å². The Bertz CT molecular complexity index is 327. The van der Waals surface area contributed by atoms with Gasteiger partial charge in [0.15, 0.2) is 0 Å². The predicted molar refractivity (Wildman–Crippen MR) is 64.6 cm³/mol. The summed E-state index contributed by atoms with van der Waals surface area (Å²) < 4.78 is 1.93. The molecule has 0 aromatic carbocycles. The van der Waals surface area contributed by atoms with Crippen molar-refractivity contribution in [2.45, 2.75) is 40.2 Å². The monoisotopic (exact) mass is 204 g/mol. The van der Waals surface area contributed by atoms with E-state index in [-0.39, 0.29) is 0 Å². The standard InChI is InChI=1S/C13H20N2/c1-12(2)6-4-7-13(3)8-11-15-10-5-9-14-15/h5-6,8-10H,4,7,11H2,1-3H3/b13-8+. The maximum absolute atomic E-state index is 4.16. The largest absolute Gasteiger partial charge is 0.269 e. The molecular formula is C13H20N2. The van der Waals surface area contributed by atoms with Crippen molar-refractivity contribution in [3.63, 3.8) is 0 Å². The van der Waals surface area contributed by atoms with Crippen molar-refractivity contribution in [2.75, 3.05) is 0 Å². The molecule has 0 atom stereocenters. The van der Waals surface area contributed by atoms with Crippen molar-refractivity contribution in [1.29, 1.82) is 0 Å². The molecule has 0 spiro atoms. The quantitative estimate of drug-likeness (QED) is 0.670. The highest BCUT2D eigenvalue weighted by Gasteiger charge is 1.90. The summed E-state index contributed by atoms with van der Waals surface area (Å²) in [5.74, 6) is 0. The Kier molecular flexibility index (Phi) is 4.88. The number of hydrogen-bond donors (Lipinski definition) is 0. The van der Waals surface area contributed by atoms with Gasteiger partial charge in [0.05, 0.1) is 6.54 Å². The second kappa shape index (κ2) is 6.23. The maximum Gasteiger partial charge on any atom is 0.0592 e. The Morgan fingerprint density at radius 2 is 2.07 bits per heavy atom. The van der Waals surface area contributed by atoms with Crippen LogP contribution in [0.2, 0.25) is 0 Å². The van der Waals surface area contributed by atoms with E-state index < -0.39 is 0 Å². The lowest BCUT2D eigenvalue weighted by Crippen LogP contribution is -1.95. The lowest BCUT2D eigenvalue weighted by molar-refractivity contribution is 0.696. The van der Waals surface area contributed by atoms with Gasteiger partial charge >= 0.3 is 0 Å². The Hall–Kier alpha value is -1.31. The normalized spacial score (nSPS) is 11.5. The lowest BCUT2D eigenvalue weighted by Gasteiger charge is -2.00. The van der Waals surface area contributed by atoms with Gasteiger partial charge in [-0.3, -0.25) is 4.68 Å². The smallest absolute Gasteiger partial charge is 0.0592 e. The molecule has 15 heavy (non-hydrogen) atoms. The molecule has 2 nitrogen and oxygen atoms in total. The first kappa shape index (κ1) is 11.8. The van der Waals surface area contributed by atoms with E-state index in [1.807, 2.05) is 23.1 Å². The summed E-state index contributed by atoms with van der Waals surface area (Å²) in [6.07, 6.45) is 10.6. The molecule has 1 heterocycles. The third kappa shape index (κ3) is 5.21. The fraction of sp³-hybridized carbons (Fsp3) is 0.462. The first-order valence-corrected chi connectivity index (χ1v) is 5.45.